The summed E-state index contributed by atoms with van der Waals surface area (Å²) in [6.07, 6.45) is 5.34. The minimum Gasteiger partial charge on any atom is -0.383 e. The number of H-pyrrole nitrogens is 1. The molecule has 4 heterocycles. The van der Waals surface area contributed by atoms with Crippen molar-refractivity contribution >= 4 is 44.2 Å². The minimum absolute atomic E-state index is 0.699. The van der Waals surface area contributed by atoms with E-state index in [4.69, 9.17) is 0 Å². The average Bonchev–Trinajstić information content (AvgIpc) is 3.50. The number of nitrogens with zero attached hydrogens (tertiary/aromatic N) is 6. The molecule has 0 radical (unpaired) electrons. The molecule has 2 aromatic heterocycles. The van der Waals surface area contributed by atoms with Gasteiger partial charge in [0.25, 0.3) is 0 Å². The van der Waals surface area contributed by atoms with Gasteiger partial charge in [-0.2, -0.15) is 5.10 Å². The molecule has 5 rings (SSSR count). The van der Waals surface area contributed by atoms with Gasteiger partial charge in [-0.15, -0.1) is 0 Å². The fourth-order valence-electron chi connectivity index (χ4n) is 5.03. The summed E-state index contributed by atoms with van der Waals surface area (Å²) >= 11 is 3.56. The second-order valence-electron chi connectivity index (χ2n) is 9.02. The van der Waals surface area contributed by atoms with Gasteiger partial charge in [-0.3, -0.25) is 5.10 Å². The highest BCUT2D eigenvalue weighted by Gasteiger charge is 2.24. The third-order valence-electron chi connectivity index (χ3n) is 7.00. The maximum atomic E-state index is 4.58. The largest absolute Gasteiger partial charge is 0.383 e. The van der Waals surface area contributed by atoms with Crippen LogP contribution in [-0.4, -0.2) is 77.4 Å². The first-order chi connectivity index (χ1) is 16.1. The number of hydrogen-bond acceptors (Lipinski definition) is 7. The van der Waals surface area contributed by atoms with Crippen molar-refractivity contribution in [1.82, 2.24) is 25.1 Å². The number of nitrogens with one attached hydrogen (secondary N) is 2. The number of benzene rings is 1. The van der Waals surface area contributed by atoms with E-state index in [0.717, 1.165) is 61.5 Å². The molecule has 2 N–H and O–H groups in total. The van der Waals surface area contributed by atoms with Crippen LogP contribution in [0.3, 0.4) is 0 Å². The zero-order chi connectivity index (χ0) is 22.8. The van der Waals surface area contributed by atoms with Gasteiger partial charge in [0.2, 0.25) is 0 Å². The monoisotopic (exact) mass is 512 g/mol. The molecule has 0 amide bonds. The van der Waals surface area contributed by atoms with Crippen LogP contribution in [-0.2, 0) is 6.42 Å². The Bertz CT molecular complexity index is 1100. The standard InChI is InChI=1S/C24H33BrN8/c1-3-18-14-19(26-6-9-31-7-4-5-8-31)17(2)20(15-18)32-10-12-33(13-11-32)24-21-22(25)29-30-23(21)27-16-28-24/h14-16,26H,3-13H2,1-2H3,(H,27,28,29,30). The number of hydrogen-bond donors (Lipinski definition) is 2. The average molecular weight is 513 g/mol. The first kappa shape index (κ1) is 22.4. The van der Waals surface area contributed by atoms with Gasteiger partial charge in [0, 0.05) is 50.6 Å². The molecule has 0 saturated carbocycles. The molecular weight excluding hydrogens is 480 g/mol. The van der Waals surface area contributed by atoms with Gasteiger partial charge in [-0.1, -0.05) is 6.92 Å². The number of aryl methyl sites for hydroxylation is 1. The van der Waals surface area contributed by atoms with E-state index in [9.17, 15) is 0 Å². The summed E-state index contributed by atoms with van der Waals surface area (Å²) in [6.45, 7) is 12.9. The number of aromatic amines is 1. The molecule has 176 valence electrons. The van der Waals surface area contributed by atoms with Crippen molar-refractivity contribution in [1.29, 1.82) is 0 Å². The van der Waals surface area contributed by atoms with Crippen molar-refractivity contribution in [2.24, 2.45) is 0 Å². The summed E-state index contributed by atoms with van der Waals surface area (Å²) in [7, 11) is 0. The number of aromatic nitrogens is 4. The van der Waals surface area contributed by atoms with E-state index in [1.807, 2.05) is 0 Å². The molecule has 2 saturated heterocycles. The quantitative estimate of drug-likeness (QED) is 0.498. The highest BCUT2D eigenvalue weighted by atomic mass is 79.9. The number of rotatable bonds is 7. The smallest absolute Gasteiger partial charge is 0.187 e. The van der Waals surface area contributed by atoms with Crippen LogP contribution >= 0.6 is 15.9 Å². The highest BCUT2D eigenvalue weighted by molar-refractivity contribution is 9.10. The molecule has 9 heteroatoms. The van der Waals surface area contributed by atoms with Gasteiger partial charge < -0.3 is 20.0 Å². The van der Waals surface area contributed by atoms with Crippen LogP contribution in [0.4, 0.5) is 17.2 Å². The normalized spacial score (nSPS) is 17.3. The summed E-state index contributed by atoms with van der Waals surface area (Å²) in [6, 6.07) is 4.72. The summed E-state index contributed by atoms with van der Waals surface area (Å²) in [4.78, 5) is 16.3. The Labute approximate surface area is 203 Å². The van der Waals surface area contributed by atoms with Gasteiger partial charge >= 0.3 is 0 Å². The molecule has 0 spiro atoms. The molecule has 0 unspecified atom stereocenters. The van der Waals surface area contributed by atoms with E-state index >= 15 is 0 Å². The van der Waals surface area contributed by atoms with Crippen LogP contribution in [0.1, 0.15) is 30.9 Å². The summed E-state index contributed by atoms with van der Waals surface area (Å²) in [5.41, 5.74) is 6.08. The van der Waals surface area contributed by atoms with Gasteiger partial charge in [-0.05, 0) is 78.5 Å². The third kappa shape index (κ3) is 4.66. The molecule has 0 bridgehead atoms. The number of anilines is 3. The molecule has 33 heavy (non-hydrogen) atoms. The summed E-state index contributed by atoms with van der Waals surface area (Å²) < 4.78 is 0.840. The van der Waals surface area contributed by atoms with E-state index in [0.29, 0.717) is 5.65 Å². The second-order valence-corrected chi connectivity index (χ2v) is 9.82. The molecule has 0 atom stereocenters. The highest BCUT2D eigenvalue weighted by Crippen LogP contribution is 2.32. The van der Waals surface area contributed by atoms with Crippen LogP contribution in [0, 0.1) is 6.92 Å². The lowest BCUT2D eigenvalue weighted by molar-refractivity contribution is 0.352. The number of likely N-dealkylation sites (tertiary alicyclic amines) is 1. The maximum Gasteiger partial charge on any atom is 0.187 e. The predicted molar refractivity (Wildman–Crippen MR) is 139 cm³/mol. The zero-order valence-electron chi connectivity index (χ0n) is 19.6. The van der Waals surface area contributed by atoms with Crippen molar-refractivity contribution in [2.75, 3.05) is 67.5 Å². The van der Waals surface area contributed by atoms with E-state index in [2.05, 4.69) is 82.1 Å². The Hall–Kier alpha value is -2.39. The molecule has 1 aromatic carbocycles. The van der Waals surface area contributed by atoms with Gasteiger partial charge in [0.15, 0.2) is 5.65 Å². The molecular formula is C24H33BrN8. The Morgan fingerprint density at radius 2 is 1.79 bits per heavy atom. The Balaban J connectivity index is 1.29. The molecule has 8 nitrogen and oxygen atoms in total. The molecule has 2 aliphatic heterocycles. The fraction of sp³-hybridized carbons (Fsp3) is 0.542. The van der Waals surface area contributed by atoms with Gasteiger partial charge in [0.05, 0.1) is 5.39 Å². The lowest BCUT2D eigenvalue weighted by Crippen LogP contribution is -2.47. The lowest BCUT2D eigenvalue weighted by atomic mass is 10.0. The van der Waals surface area contributed by atoms with Gasteiger partial charge in [0.1, 0.15) is 16.7 Å². The number of halogens is 1. The Kier molecular flexibility index (Phi) is 6.69. The van der Waals surface area contributed by atoms with Crippen LogP contribution < -0.4 is 15.1 Å². The molecule has 2 fully saturated rings. The minimum atomic E-state index is 0.699. The van der Waals surface area contributed by atoms with Crippen LogP contribution in [0.2, 0.25) is 0 Å². The van der Waals surface area contributed by atoms with E-state index in [1.54, 1.807) is 6.33 Å². The lowest BCUT2D eigenvalue weighted by Gasteiger charge is -2.38. The summed E-state index contributed by atoms with van der Waals surface area (Å²) in [5, 5.41) is 11.9. The molecule has 0 aliphatic carbocycles. The van der Waals surface area contributed by atoms with Crippen molar-refractivity contribution < 1.29 is 0 Å². The predicted octanol–water partition coefficient (Wildman–Crippen LogP) is 3.82. The Morgan fingerprint density at radius 1 is 1.03 bits per heavy atom. The van der Waals surface area contributed by atoms with Gasteiger partial charge in [-0.25, -0.2) is 9.97 Å². The topological polar surface area (TPSA) is 76.2 Å². The zero-order valence-corrected chi connectivity index (χ0v) is 21.2. The molecule has 3 aromatic rings. The van der Waals surface area contributed by atoms with E-state index < -0.39 is 0 Å². The number of piperazine rings is 1. The Morgan fingerprint density at radius 3 is 2.55 bits per heavy atom. The van der Waals surface area contributed by atoms with Crippen molar-refractivity contribution in [3.63, 3.8) is 0 Å². The maximum absolute atomic E-state index is 4.58. The van der Waals surface area contributed by atoms with Crippen LogP contribution in [0.5, 0.6) is 0 Å². The number of fused-ring (bicyclic) bond motifs is 1. The van der Waals surface area contributed by atoms with Crippen molar-refractivity contribution in [3.05, 3.63) is 34.2 Å². The first-order valence-corrected chi connectivity index (χ1v) is 12.9. The molecule has 2 aliphatic rings. The fourth-order valence-corrected chi connectivity index (χ4v) is 5.48. The van der Waals surface area contributed by atoms with Crippen LogP contribution in [0.15, 0.2) is 23.1 Å². The second kappa shape index (κ2) is 9.85. The SMILES string of the molecule is CCc1cc(NCCN2CCCC2)c(C)c(N2CCN(c3ncnc4n[nH]c(Br)c34)CC2)c1. The van der Waals surface area contributed by atoms with E-state index in [-0.39, 0.29) is 0 Å². The van der Waals surface area contributed by atoms with Crippen molar-refractivity contribution in [2.45, 2.75) is 33.1 Å². The van der Waals surface area contributed by atoms with E-state index in [1.165, 1.54) is 48.4 Å². The first-order valence-electron chi connectivity index (χ1n) is 12.1. The van der Waals surface area contributed by atoms with Crippen molar-refractivity contribution in [3.8, 4) is 0 Å². The third-order valence-corrected chi connectivity index (χ3v) is 7.57. The summed E-state index contributed by atoms with van der Waals surface area (Å²) in [5.74, 6) is 0.948. The van der Waals surface area contributed by atoms with Crippen LogP contribution in [0.25, 0.3) is 11.0 Å².